The Hall–Kier alpha value is -0.690. The highest BCUT2D eigenvalue weighted by atomic mass is 16.5. The molecule has 0 aliphatic heterocycles. The number of hydrogen-bond donors (Lipinski definition) is 2. The van der Waals surface area contributed by atoms with Crippen LogP contribution in [0.4, 0.5) is 0 Å². The minimum atomic E-state index is -0.953. The minimum Gasteiger partial charge on any atom is -0.480 e. The summed E-state index contributed by atoms with van der Waals surface area (Å²) in [6.07, 6.45) is 0.415. The van der Waals surface area contributed by atoms with Crippen molar-refractivity contribution in [2.24, 2.45) is 0 Å². The zero-order valence-electron chi connectivity index (χ0n) is 12.4. The van der Waals surface area contributed by atoms with Crippen molar-refractivity contribution in [3.63, 3.8) is 0 Å². The Labute approximate surface area is 115 Å². The second-order valence-corrected chi connectivity index (χ2v) is 4.90. The highest BCUT2D eigenvalue weighted by Gasteiger charge is 2.32. The number of carbonyl (C=O) groups is 1. The van der Waals surface area contributed by atoms with E-state index in [-0.39, 0.29) is 6.04 Å². The van der Waals surface area contributed by atoms with Crippen molar-refractivity contribution in [1.82, 2.24) is 5.32 Å². The second-order valence-electron chi connectivity index (χ2n) is 4.90. The molecule has 0 aliphatic carbocycles. The molecule has 0 amide bonds. The smallest absolute Gasteiger partial charge is 0.323 e. The highest BCUT2D eigenvalue weighted by molar-refractivity contribution is 5.78. The van der Waals surface area contributed by atoms with Gasteiger partial charge in [-0.2, -0.15) is 0 Å². The van der Waals surface area contributed by atoms with Crippen LogP contribution in [0.3, 0.4) is 0 Å². The summed E-state index contributed by atoms with van der Waals surface area (Å²) in [5.41, 5.74) is -0.953. The summed E-state index contributed by atoms with van der Waals surface area (Å²) in [7, 11) is 1.62. The van der Waals surface area contributed by atoms with Crippen molar-refractivity contribution in [3.8, 4) is 0 Å². The van der Waals surface area contributed by atoms with Gasteiger partial charge in [0, 0.05) is 19.8 Å². The van der Waals surface area contributed by atoms with E-state index in [1.165, 1.54) is 0 Å². The van der Waals surface area contributed by atoms with E-state index in [0.29, 0.717) is 39.5 Å². The lowest BCUT2D eigenvalue weighted by molar-refractivity contribution is -0.145. The topological polar surface area (TPSA) is 77.0 Å². The van der Waals surface area contributed by atoms with Crippen LogP contribution in [0, 0.1) is 0 Å². The molecule has 1 unspecified atom stereocenters. The second kappa shape index (κ2) is 10.1. The summed E-state index contributed by atoms with van der Waals surface area (Å²) in [4.78, 5) is 11.2. The van der Waals surface area contributed by atoms with Crippen LogP contribution in [0.25, 0.3) is 0 Å². The lowest BCUT2D eigenvalue weighted by Gasteiger charge is -2.28. The first-order valence-electron chi connectivity index (χ1n) is 6.58. The molecule has 0 aliphatic rings. The average molecular weight is 277 g/mol. The van der Waals surface area contributed by atoms with Gasteiger partial charge >= 0.3 is 5.97 Å². The fourth-order valence-electron chi connectivity index (χ4n) is 1.62. The molecule has 0 bridgehead atoms. The summed E-state index contributed by atoms with van der Waals surface area (Å²) in [5, 5.41) is 12.3. The average Bonchev–Trinajstić information content (AvgIpc) is 2.31. The third-order valence-electron chi connectivity index (χ3n) is 2.63. The molecule has 0 aromatic heterocycles. The van der Waals surface area contributed by atoms with Crippen LogP contribution in [0.5, 0.6) is 0 Å². The Bertz CT molecular complexity index is 247. The fraction of sp³-hybridized carbons (Fsp3) is 0.923. The van der Waals surface area contributed by atoms with E-state index in [9.17, 15) is 9.90 Å². The Morgan fingerprint density at radius 3 is 2.16 bits per heavy atom. The van der Waals surface area contributed by atoms with E-state index in [2.05, 4.69) is 5.32 Å². The van der Waals surface area contributed by atoms with Crippen LogP contribution >= 0.6 is 0 Å². The number of ether oxygens (including phenoxy) is 3. The van der Waals surface area contributed by atoms with E-state index in [1.54, 1.807) is 14.0 Å². The van der Waals surface area contributed by atoms with E-state index < -0.39 is 11.5 Å². The Morgan fingerprint density at radius 2 is 1.68 bits per heavy atom. The first-order valence-corrected chi connectivity index (χ1v) is 6.58. The van der Waals surface area contributed by atoms with Crippen LogP contribution in [-0.4, -0.2) is 62.8 Å². The first-order chi connectivity index (χ1) is 8.92. The molecule has 6 heteroatoms. The van der Waals surface area contributed by atoms with E-state index in [0.717, 1.165) is 0 Å². The van der Waals surface area contributed by atoms with E-state index >= 15 is 0 Å². The van der Waals surface area contributed by atoms with Crippen molar-refractivity contribution >= 4 is 5.97 Å². The van der Waals surface area contributed by atoms with Crippen molar-refractivity contribution < 1.29 is 24.1 Å². The van der Waals surface area contributed by atoms with Gasteiger partial charge in [0.15, 0.2) is 0 Å². The molecular weight excluding hydrogens is 250 g/mol. The fourth-order valence-corrected chi connectivity index (χ4v) is 1.62. The number of carboxylic acid groups (broad SMARTS) is 1. The summed E-state index contributed by atoms with van der Waals surface area (Å²) in [6.45, 7) is 7.96. The third-order valence-corrected chi connectivity index (χ3v) is 2.63. The summed E-state index contributed by atoms with van der Waals surface area (Å²) in [5.74, 6) is -0.860. The highest BCUT2D eigenvalue weighted by Crippen LogP contribution is 2.11. The third kappa shape index (κ3) is 8.93. The summed E-state index contributed by atoms with van der Waals surface area (Å²) in [6, 6.07) is 0.110. The molecule has 0 heterocycles. The quantitative estimate of drug-likeness (QED) is 0.516. The SMILES string of the molecule is COCCOCCOCCC(C)(NC(C)C)C(=O)O. The first kappa shape index (κ1) is 18.3. The molecule has 114 valence electrons. The van der Waals surface area contributed by atoms with Gasteiger partial charge in [0.2, 0.25) is 0 Å². The number of hydrogen-bond acceptors (Lipinski definition) is 5. The Morgan fingerprint density at radius 1 is 1.16 bits per heavy atom. The Balaban J connectivity index is 3.74. The Kier molecular flexibility index (Phi) is 9.77. The van der Waals surface area contributed by atoms with Gasteiger partial charge in [-0.1, -0.05) is 0 Å². The molecule has 0 rings (SSSR count). The molecule has 0 fully saturated rings. The number of methoxy groups -OCH3 is 1. The standard InChI is InChI=1S/C13H27NO5/c1-11(2)14-13(3,12(15)16)5-6-18-9-10-19-8-7-17-4/h11,14H,5-10H2,1-4H3,(H,15,16). The van der Waals surface area contributed by atoms with E-state index in [4.69, 9.17) is 14.2 Å². The van der Waals surface area contributed by atoms with Crippen molar-refractivity contribution in [3.05, 3.63) is 0 Å². The van der Waals surface area contributed by atoms with Gasteiger partial charge in [-0.3, -0.25) is 10.1 Å². The predicted octanol–water partition coefficient (Wildman–Crippen LogP) is 0.897. The van der Waals surface area contributed by atoms with Crippen LogP contribution in [-0.2, 0) is 19.0 Å². The lowest BCUT2D eigenvalue weighted by atomic mass is 9.97. The number of nitrogens with one attached hydrogen (secondary N) is 1. The molecular formula is C13H27NO5. The summed E-state index contributed by atoms with van der Waals surface area (Å²) < 4.78 is 15.4. The predicted molar refractivity (Wildman–Crippen MR) is 72.4 cm³/mol. The minimum absolute atomic E-state index is 0.110. The van der Waals surface area contributed by atoms with Crippen molar-refractivity contribution in [2.75, 3.05) is 40.1 Å². The maximum absolute atomic E-state index is 11.2. The number of aliphatic carboxylic acids is 1. The zero-order valence-corrected chi connectivity index (χ0v) is 12.4. The zero-order chi connectivity index (χ0) is 14.7. The molecule has 0 spiro atoms. The number of carboxylic acids is 1. The lowest BCUT2D eigenvalue weighted by Crippen LogP contribution is -2.53. The monoisotopic (exact) mass is 277 g/mol. The van der Waals surface area contributed by atoms with Gasteiger partial charge in [0.1, 0.15) is 5.54 Å². The van der Waals surface area contributed by atoms with Crippen molar-refractivity contribution in [2.45, 2.75) is 38.8 Å². The van der Waals surface area contributed by atoms with Gasteiger partial charge < -0.3 is 19.3 Å². The number of rotatable bonds is 12. The van der Waals surface area contributed by atoms with Gasteiger partial charge in [0.25, 0.3) is 0 Å². The maximum Gasteiger partial charge on any atom is 0.323 e. The normalized spacial score (nSPS) is 14.6. The molecule has 19 heavy (non-hydrogen) atoms. The van der Waals surface area contributed by atoms with Crippen LogP contribution in [0.15, 0.2) is 0 Å². The van der Waals surface area contributed by atoms with Gasteiger partial charge in [-0.05, 0) is 27.2 Å². The molecule has 2 N–H and O–H groups in total. The molecule has 0 saturated heterocycles. The van der Waals surface area contributed by atoms with Crippen molar-refractivity contribution in [1.29, 1.82) is 0 Å². The molecule has 6 nitrogen and oxygen atoms in total. The molecule has 1 atom stereocenters. The summed E-state index contributed by atoms with van der Waals surface area (Å²) >= 11 is 0. The van der Waals surface area contributed by atoms with E-state index in [1.807, 2.05) is 13.8 Å². The molecule has 0 radical (unpaired) electrons. The maximum atomic E-state index is 11.2. The molecule has 0 saturated carbocycles. The van der Waals surface area contributed by atoms with Crippen LogP contribution in [0.1, 0.15) is 27.2 Å². The van der Waals surface area contributed by atoms with Gasteiger partial charge in [-0.25, -0.2) is 0 Å². The largest absolute Gasteiger partial charge is 0.480 e. The molecule has 0 aromatic rings. The van der Waals surface area contributed by atoms with Gasteiger partial charge in [-0.15, -0.1) is 0 Å². The van der Waals surface area contributed by atoms with Crippen LogP contribution in [0.2, 0.25) is 0 Å². The van der Waals surface area contributed by atoms with Gasteiger partial charge in [0.05, 0.1) is 26.4 Å². The molecule has 0 aromatic carbocycles. The van der Waals surface area contributed by atoms with Crippen LogP contribution < -0.4 is 5.32 Å².